The Morgan fingerprint density at radius 3 is 3.21 bits per heavy atom. The first-order valence-electron chi connectivity index (χ1n) is 4.89. The number of aromatic amines is 1. The first-order chi connectivity index (χ1) is 6.88. The molecule has 0 bridgehead atoms. The smallest absolute Gasteiger partial charge is 0.248 e. The largest absolute Gasteiger partial charge is 0.255 e. The zero-order valence-corrected chi connectivity index (χ0v) is 9.31. The van der Waals surface area contributed by atoms with Crippen LogP contribution in [0, 0.1) is 11.3 Å². The molecule has 0 fully saturated rings. The van der Waals surface area contributed by atoms with Crippen molar-refractivity contribution >= 4 is 11.8 Å². The number of thioether (sulfide) groups is 1. The van der Waals surface area contributed by atoms with E-state index in [4.69, 9.17) is 5.26 Å². The van der Waals surface area contributed by atoms with E-state index in [2.05, 4.69) is 22.5 Å². The van der Waals surface area contributed by atoms with E-state index in [0.29, 0.717) is 6.42 Å². The molecule has 0 saturated heterocycles. The first-order valence-corrected chi connectivity index (χ1v) is 6.04. The molecule has 4 heteroatoms. The second-order valence-electron chi connectivity index (χ2n) is 2.96. The Hall–Kier alpha value is -0.950. The molecule has 0 aliphatic carbocycles. The van der Waals surface area contributed by atoms with Crippen LogP contribution in [-0.2, 0) is 13.0 Å². The van der Waals surface area contributed by atoms with E-state index in [-0.39, 0.29) is 0 Å². The number of nitrogens with zero attached hydrogens (tertiary/aromatic N) is 2. The van der Waals surface area contributed by atoms with E-state index in [1.807, 2.05) is 24.2 Å². The predicted octanol–water partition coefficient (Wildman–Crippen LogP) is 1.51. The molecule has 1 rings (SSSR count). The van der Waals surface area contributed by atoms with Crippen LogP contribution in [0.3, 0.4) is 0 Å². The summed E-state index contributed by atoms with van der Waals surface area (Å²) in [6, 6.07) is 2.16. The zero-order valence-electron chi connectivity index (χ0n) is 8.49. The SMILES string of the molecule is CCSCCc1[nH]cc[n+]1CCC#N. The minimum Gasteiger partial charge on any atom is -0.248 e. The minimum absolute atomic E-state index is 0.580. The number of nitriles is 1. The van der Waals surface area contributed by atoms with Crippen LogP contribution in [-0.4, -0.2) is 16.5 Å². The van der Waals surface area contributed by atoms with E-state index in [1.54, 1.807) is 0 Å². The number of H-pyrrole nitrogens is 1. The summed E-state index contributed by atoms with van der Waals surface area (Å²) in [7, 11) is 0. The average molecular weight is 210 g/mol. The van der Waals surface area contributed by atoms with Crippen LogP contribution < -0.4 is 4.57 Å². The standard InChI is InChI=1S/C10H15N3S/c1-2-14-9-4-10-12-6-8-13(10)7-3-5-11/h6,8H,2-4,7,9H2,1H3/p+1. The van der Waals surface area contributed by atoms with Gasteiger partial charge in [-0.25, -0.2) is 9.55 Å². The average Bonchev–Trinajstić information content (AvgIpc) is 2.63. The summed E-state index contributed by atoms with van der Waals surface area (Å²) < 4.78 is 2.12. The third-order valence-corrected chi connectivity index (χ3v) is 2.90. The van der Waals surface area contributed by atoms with Crippen molar-refractivity contribution in [2.75, 3.05) is 11.5 Å². The Morgan fingerprint density at radius 1 is 1.64 bits per heavy atom. The highest BCUT2D eigenvalue weighted by molar-refractivity contribution is 7.99. The van der Waals surface area contributed by atoms with E-state index < -0.39 is 0 Å². The number of aromatic nitrogens is 2. The third kappa shape index (κ3) is 3.43. The van der Waals surface area contributed by atoms with Crippen LogP contribution in [0.5, 0.6) is 0 Å². The van der Waals surface area contributed by atoms with Crippen LogP contribution >= 0.6 is 11.8 Å². The van der Waals surface area contributed by atoms with Crippen LogP contribution in [0.4, 0.5) is 0 Å². The lowest BCUT2D eigenvalue weighted by atomic mass is 10.4. The summed E-state index contributed by atoms with van der Waals surface area (Å²) in [6.45, 7) is 2.97. The summed E-state index contributed by atoms with van der Waals surface area (Å²) in [6.07, 6.45) is 5.57. The molecule has 0 aliphatic rings. The quantitative estimate of drug-likeness (QED) is 0.571. The summed E-state index contributed by atoms with van der Waals surface area (Å²) in [5.41, 5.74) is 0. The fraction of sp³-hybridized carbons (Fsp3) is 0.600. The first kappa shape index (κ1) is 11.1. The lowest BCUT2D eigenvalue weighted by molar-refractivity contribution is -0.701. The van der Waals surface area contributed by atoms with Gasteiger partial charge in [0.1, 0.15) is 18.9 Å². The van der Waals surface area contributed by atoms with Crippen molar-refractivity contribution in [3.05, 3.63) is 18.2 Å². The number of imidazole rings is 1. The summed E-state index contributed by atoms with van der Waals surface area (Å²) in [4.78, 5) is 3.21. The van der Waals surface area contributed by atoms with Gasteiger partial charge in [0.05, 0.1) is 18.9 Å². The van der Waals surface area contributed by atoms with Gasteiger partial charge in [-0.05, 0) is 5.75 Å². The normalized spacial score (nSPS) is 10.0. The lowest BCUT2D eigenvalue weighted by Crippen LogP contribution is -2.36. The van der Waals surface area contributed by atoms with Gasteiger partial charge in [0.15, 0.2) is 0 Å². The van der Waals surface area contributed by atoms with Crippen molar-refractivity contribution in [1.82, 2.24) is 4.98 Å². The Kier molecular flexibility index (Phi) is 5.16. The molecule has 0 unspecified atom stereocenters. The molecule has 76 valence electrons. The number of nitrogens with one attached hydrogen (secondary N) is 1. The van der Waals surface area contributed by atoms with Crippen molar-refractivity contribution in [2.45, 2.75) is 26.3 Å². The highest BCUT2D eigenvalue weighted by atomic mass is 32.2. The monoisotopic (exact) mass is 210 g/mol. The third-order valence-electron chi connectivity index (χ3n) is 2.00. The fourth-order valence-electron chi connectivity index (χ4n) is 1.31. The number of hydrogen-bond acceptors (Lipinski definition) is 2. The van der Waals surface area contributed by atoms with Gasteiger partial charge in [0.2, 0.25) is 0 Å². The maximum atomic E-state index is 8.49. The molecule has 0 saturated carbocycles. The summed E-state index contributed by atoms with van der Waals surface area (Å²) in [5.74, 6) is 3.53. The van der Waals surface area contributed by atoms with Gasteiger partial charge in [-0.3, -0.25) is 0 Å². The van der Waals surface area contributed by atoms with Gasteiger partial charge in [-0.15, -0.1) is 0 Å². The molecule has 0 atom stereocenters. The summed E-state index contributed by atoms with van der Waals surface area (Å²) >= 11 is 1.94. The summed E-state index contributed by atoms with van der Waals surface area (Å²) in [5, 5.41) is 8.49. The van der Waals surface area contributed by atoms with E-state index >= 15 is 0 Å². The Balaban J connectivity index is 2.42. The van der Waals surface area contributed by atoms with Crippen LogP contribution in [0.15, 0.2) is 12.4 Å². The number of hydrogen-bond donors (Lipinski definition) is 1. The van der Waals surface area contributed by atoms with E-state index in [0.717, 1.165) is 18.7 Å². The van der Waals surface area contributed by atoms with Gasteiger partial charge >= 0.3 is 0 Å². The molecular formula is C10H16N3S+. The van der Waals surface area contributed by atoms with Gasteiger partial charge < -0.3 is 0 Å². The molecule has 1 heterocycles. The Morgan fingerprint density at radius 2 is 2.50 bits per heavy atom. The molecule has 3 nitrogen and oxygen atoms in total. The number of rotatable bonds is 6. The Labute approximate surface area is 89.1 Å². The predicted molar refractivity (Wildman–Crippen MR) is 57.9 cm³/mol. The number of aryl methyl sites for hydroxylation is 2. The molecule has 0 spiro atoms. The van der Waals surface area contributed by atoms with Crippen LogP contribution in [0.2, 0.25) is 0 Å². The van der Waals surface area contributed by atoms with Crippen molar-refractivity contribution in [3.8, 4) is 6.07 Å². The van der Waals surface area contributed by atoms with Crippen LogP contribution in [0.1, 0.15) is 19.2 Å². The lowest BCUT2D eigenvalue weighted by Gasteiger charge is -1.97. The molecule has 1 N–H and O–H groups in total. The molecule has 1 aromatic heterocycles. The van der Waals surface area contributed by atoms with Gasteiger partial charge in [-0.1, -0.05) is 6.92 Å². The Bertz CT molecular complexity index is 301. The van der Waals surface area contributed by atoms with Crippen molar-refractivity contribution in [1.29, 1.82) is 5.26 Å². The second-order valence-corrected chi connectivity index (χ2v) is 4.35. The minimum atomic E-state index is 0.580. The fourth-order valence-corrected chi connectivity index (χ4v) is 1.93. The molecular weight excluding hydrogens is 194 g/mol. The van der Waals surface area contributed by atoms with Gasteiger partial charge in [0.25, 0.3) is 5.82 Å². The van der Waals surface area contributed by atoms with Crippen molar-refractivity contribution in [3.63, 3.8) is 0 Å². The topological polar surface area (TPSA) is 43.5 Å². The van der Waals surface area contributed by atoms with E-state index in [9.17, 15) is 0 Å². The maximum absolute atomic E-state index is 8.49. The van der Waals surface area contributed by atoms with Crippen LogP contribution in [0.25, 0.3) is 0 Å². The molecule has 0 aliphatic heterocycles. The molecule has 14 heavy (non-hydrogen) atoms. The molecule has 0 amide bonds. The molecule has 1 aromatic rings. The molecule has 0 aromatic carbocycles. The van der Waals surface area contributed by atoms with E-state index in [1.165, 1.54) is 11.6 Å². The van der Waals surface area contributed by atoms with Crippen molar-refractivity contribution in [2.24, 2.45) is 0 Å². The second kappa shape index (κ2) is 6.50. The highest BCUT2D eigenvalue weighted by Gasteiger charge is 2.08. The van der Waals surface area contributed by atoms with Gasteiger partial charge in [0, 0.05) is 5.75 Å². The highest BCUT2D eigenvalue weighted by Crippen LogP contribution is 2.01. The van der Waals surface area contributed by atoms with Crippen molar-refractivity contribution < 1.29 is 4.57 Å². The maximum Gasteiger partial charge on any atom is 0.255 e. The van der Waals surface area contributed by atoms with Gasteiger partial charge in [-0.2, -0.15) is 17.0 Å². The molecule has 0 radical (unpaired) electrons. The zero-order chi connectivity index (χ0) is 10.2.